The van der Waals surface area contributed by atoms with Crippen molar-refractivity contribution in [1.29, 1.82) is 0 Å². The Morgan fingerprint density at radius 3 is 2.33 bits per heavy atom. The monoisotopic (exact) mass is 322 g/mol. The molecule has 4 aliphatic rings. The first-order chi connectivity index (χ1) is 11.7. The number of benzene rings is 1. The average Bonchev–Trinajstić information content (AvgIpc) is 2.93. The van der Waals surface area contributed by atoms with E-state index < -0.39 is 0 Å². The predicted octanol–water partition coefficient (Wildman–Crippen LogP) is 5.14. The summed E-state index contributed by atoms with van der Waals surface area (Å²) in [6.45, 7) is 5.59. The zero-order valence-corrected chi connectivity index (χ0v) is 15.0. The third-order valence-corrected chi connectivity index (χ3v) is 7.13. The quantitative estimate of drug-likeness (QED) is 0.825. The molecule has 1 heterocycles. The predicted molar refractivity (Wildman–Crippen MR) is 100.0 cm³/mol. The molecule has 0 saturated heterocycles. The third-order valence-electron chi connectivity index (χ3n) is 7.13. The first-order valence-electron chi connectivity index (χ1n) is 10.0. The molecule has 4 fully saturated rings. The maximum Gasteiger partial charge on any atom is 0.0486 e. The van der Waals surface area contributed by atoms with Crippen LogP contribution in [0.2, 0.25) is 0 Å². The van der Waals surface area contributed by atoms with Crippen molar-refractivity contribution in [3.8, 4) is 0 Å². The summed E-state index contributed by atoms with van der Waals surface area (Å²) in [6.07, 6.45) is 9.92. The molecule has 2 nitrogen and oxygen atoms in total. The molecule has 0 spiro atoms. The summed E-state index contributed by atoms with van der Waals surface area (Å²) in [5.41, 5.74) is 2.86. The van der Waals surface area contributed by atoms with Crippen LogP contribution >= 0.6 is 0 Å². The summed E-state index contributed by atoms with van der Waals surface area (Å²) in [5, 5.41) is 5.44. The standard InChI is InChI=1S/C22H30N2/c1-14(2)24-13-19(20-5-3-4-6-21(20)24)12-23-22-17-8-15-7-16(10-17)11-18(22)9-15/h3-6,13-18,22-23H,7-12H2,1-2H3. The number of nitrogens with zero attached hydrogens (tertiary/aromatic N) is 1. The number of fused-ring (bicyclic) bond motifs is 1. The van der Waals surface area contributed by atoms with Crippen LogP contribution in [0.3, 0.4) is 0 Å². The van der Waals surface area contributed by atoms with Gasteiger partial charge >= 0.3 is 0 Å². The van der Waals surface area contributed by atoms with E-state index in [-0.39, 0.29) is 0 Å². The van der Waals surface area contributed by atoms with Crippen LogP contribution in [0.5, 0.6) is 0 Å². The summed E-state index contributed by atoms with van der Waals surface area (Å²) in [7, 11) is 0. The van der Waals surface area contributed by atoms with E-state index >= 15 is 0 Å². The van der Waals surface area contributed by atoms with E-state index in [1.165, 1.54) is 42.1 Å². The minimum atomic E-state index is 0.518. The van der Waals surface area contributed by atoms with Crippen molar-refractivity contribution in [2.45, 2.75) is 64.6 Å². The molecule has 4 saturated carbocycles. The van der Waals surface area contributed by atoms with E-state index in [2.05, 4.69) is 54.2 Å². The van der Waals surface area contributed by atoms with Crippen LogP contribution in [-0.4, -0.2) is 10.6 Å². The molecule has 1 N–H and O–H groups in total. The Kier molecular flexibility index (Phi) is 3.52. The molecular weight excluding hydrogens is 292 g/mol. The maximum absolute atomic E-state index is 4.01. The first-order valence-corrected chi connectivity index (χ1v) is 10.0. The molecule has 0 aliphatic heterocycles. The normalized spacial score (nSPS) is 34.5. The van der Waals surface area contributed by atoms with Gasteiger partial charge in [-0.15, -0.1) is 0 Å². The molecule has 2 heteroatoms. The number of aromatic nitrogens is 1. The lowest BCUT2D eigenvalue weighted by Crippen LogP contribution is -2.54. The van der Waals surface area contributed by atoms with Gasteiger partial charge in [0, 0.05) is 35.7 Å². The van der Waals surface area contributed by atoms with E-state index in [4.69, 9.17) is 0 Å². The van der Waals surface area contributed by atoms with Gasteiger partial charge in [-0.25, -0.2) is 0 Å². The van der Waals surface area contributed by atoms with Gasteiger partial charge < -0.3 is 9.88 Å². The van der Waals surface area contributed by atoms with Gasteiger partial charge in [-0.1, -0.05) is 18.2 Å². The molecule has 0 unspecified atom stereocenters. The van der Waals surface area contributed by atoms with Crippen molar-refractivity contribution in [3.63, 3.8) is 0 Å². The average molecular weight is 322 g/mol. The molecule has 1 aromatic heterocycles. The van der Waals surface area contributed by atoms with E-state index in [0.29, 0.717) is 6.04 Å². The number of nitrogens with one attached hydrogen (secondary N) is 1. The molecule has 24 heavy (non-hydrogen) atoms. The Morgan fingerprint density at radius 1 is 1.00 bits per heavy atom. The van der Waals surface area contributed by atoms with Gasteiger partial charge in [0.05, 0.1) is 0 Å². The number of hydrogen-bond donors (Lipinski definition) is 1. The second kappa shape index (κ2) is 5.62. The molecule has 6 rings (SSSR count). The van der Waals surface area contributed by atoms with Crippen molar-refractivity contribution in [3.05, 3.63) is 36.0 Å². The Bertz CT molecular complexity index is 714. The lowest BCUT2D eigenvalue weighted by Gasteiger charge is -2.54. The zero-order valence-electron chi connectivity index (χ0n) is 15.0. The van der Waals surface area contributed by atoms with Gasteiger partial charge in [0.15, 0.2) is 0 Å². The lowest BCUT2D eigenvalue weighted by atomic mass is 9.54. The molecule has 2 aromatic rings. The van der Waals surface area contributed by atoms with Crippen LogP contribution < -0.4 is 5.32 Å². The van der Waals surface area contributed by atoms with E-state index in [1.54, 1.807) is 6.42 Å². The molecule has 0 amide bonds. The van der Waals surface area contributed by atoms with Crippen molar-refractivity contribution in [1.82, 2.24) is 9.88 Å². The molecular formula is C22H30N2. The van der Waals surface area contributed by atoms with Crippen molar-refractivity contribution in [2.24, 2.45) is 23.7 Å². The summed E-state index contributed by atoms with van der Waals surface area (Å²) < 4.78 is 2.43. The summed E-state index contributed by atoms with van der Waals surface area (Å²) in [4.78, 5) is 0. The van der Waals surface area contributed by atoms with Gasteiger partial charge in [0.1, 0.15) is 0 Å². The first kappa shape index (κ1) is 15.0. The summed E-state index contributed by atoms with van der Waals surface area (Å²) in [5.74, 6) is 4.04. The summed E-state index contributed by atoms with van der Waals surface area (Å²) in [6, 6.07) is 10.2. The van der Waals surface area contributed by atoms with Gasteiger partial charge in [0.2, 0.25) is 0 Å². The van der Waals surface area contributed by atoms with Crippen molar-refractivity contribution >= 4 is 10.9 Å². The smallest absolute Gasteiger partial charge is 0.0486 e. The maximum atomic E-state index is 4.01. The van der Waals surface area contributed by atoms with Gasteiger partial charge in [-0.3, -0.25) is 0 Å². The van der Waals surface area contributed by atoms with Crippen LogP contribution in [0.25, 0.3) is 10.9 Å². The molecule has 128 valence electrons. The fourth-order valence-corrected chi connectivity index (χ4v) is 6.33. The van der Waals surface area contributed by atoms with Crippen LogP contribution in [0.15, 0.2) is 30.5 Å². The highest BCUT2D eigenvalue weighted by Gasteiger charge is 2.47. The largest absolute Gasteiger partial charge is 0.345 e. The number of para-hydroxylation sites is 1. The van der Waals surface area contributed by atoms with E-state index in [0.717, 1.165) is 36.3 Å². The topological polar surface area (TPSA) is 17.0 Å². The number of rotatable bonds is 4. The van der Waals surface area contributed by atoms with Crippen LogP contribution in [-0.2, 0) is 6.54 Å². The Balaban J connectivity index is 1.38. The fraction of sp³-hybridized carbons (Fsp3) is 0.636. The van der Waals surface area contributed by atoms with Crippen molar-refractivity contribution < 1.29 is 0 Å². The molecule has 4 bridgehead atoms. The minimum Gasteiger partial charge on any atom is -0.345 e. The molecule has 1 aromatic carbocycles. The van der Waals surface area contributed by atoms with Gasteiger partial charge in [-0.05, 0) is 81.3 Å². The Labute approximate surface area is 145 Å². The van der Waals surface area contributed by atoms with E-state index in [9.17, 15) is 0 Å². The van der Waals surface area contributed by atoms with Gasteiger partial charge in [0.25, 0.3) is 0 Å². The van der Waals surface area contributed by atoms with Crippen LogP contribution in [0.1, 0.15) is 57.6 Å². The second-order valence-electron chi connectivity index (χ2n) is 9.01. The molecule has 4 aliphatic carbocycles. The van der Waals surface area contributed by atoms with Crippen LogP contribution in [0, 0.1) is 23.7 Å². The Hall–Kier alpha value is -1.28. The van der Waals surface area contributed by atoms with Gasteiger partial charge in [-0.2, -0.15) is 0 Å². The highest BCUT2D eigenvalue weighted by atomic mass is 15.0. The fourth-order valence-electron chi connectivity index (χ4n) is 6.33. The van der Waals surface area contributed by atoms with E-state index in [1.807, 2.05) is 0 Å². The third kappa shape index (κ3) is 2.34. The number of hydrogen-bond acceptors (Lipinski definition) is 1. The lowest BCUT2D eigenvalue weighted by molar-refractivity contribution is -0.0142. The zero-order chi connectivity index (χ0) is 16.3. The second-order valence-corrected chi connectivity index (χ2v) is 9.01. The summed E-state index contributed by atoms with van der Waals surface area (Å²) >= 11 is 0. The SMILES string of the molecule is CC(C)n1cc(CNC2C3CC4CC(C3)CC2C4)c2ccccc21. The molecule has 0 atom stereocenters. The highest BCUT2D eigenvalue weighted by molar-refractivity contribution is 5.84. The Morgan fingerprint density at radius 2 is 1.67 bits per heavy atom. The van der Waals surface area contributed by atoms with Crippen LogP contribution in [0.4, 0.5) is 0 Å². The highest BCUT2D eigenvalue weighted by Crippen LogP contribution is 2.53. The minimum absolute atomic E-state index is 0.518. The molecule has 0 radical (unpaired) electrons. The van der Waals surface area contributed by atoms with Crippen molar-refractivity contribution in [2.75, 3.05) is 0 Å².